The Morgan fingerprint density at radius 2 is 1.70 bits per heavy atom. The number of carbonyl (C=O) groups is 3. The summed E-state index contributed by atoms with van der Waals surface area (Å²) in [7, 11) is 1.48. The van der Waals surface area contributed by atoms with Crippen molar-refractivity contribution in [3.8, 4) is 11.5 Å². The van der Waals surface area contributed by atoms with Gasteiger partial charge in [0, 0.05) is 13.0 Å². The van der Waals surface area contributed by atoms with Crippen LogP contribution in [-0.2, 0) is 27.3 Å². The number of hydrogen-bond acceptors (Lipinski definition) is 7. The molecule has 0 aromatic heterocycles. The number of nitrogens with one attached hydrogen (secondary N) is 2. The second-order valence-electron chi connectivity index (χ2n) is 11.1. The number of methoxy groups -OCH3 is 1. The van der Waals surface area contributed by atoms with Crippen LogP contribution in [0.2, 0.25) is 0 Å². The number of esters is 1. The van der Waals surface area contributed by atoms with E-state index in [1.54, 1.807) is 18.2 Å². The number of amides is 2. The van der Waals surface area contributed by atoms with Crippen LogP contribution in [-0.4, -0.2) is 43.5 Å². The monoisotopic (exact) mass is 594 g/mol. The first-order chi connectivity index (χ1) is 20.7. The molecule has 2 atom stereocenters. The summed E-state index contributed by atoms with van der Waals surface area (Å²) < 4.78 is 11.1. The van der Waals surface area contributed by atoms with Gasteiger partial charge in [0.25, 0.3) is 0 Å². The van der Waals surface area contributed by atoms with Crippen molar-refractivity contribution < 1.29 is 23.9 Å². The van der Waals surface area contributed by atoms with Gasteiger partial charge in [-0.1, -0.05) is 62.4 Å². The van der Waals surface area contributed by atoms with Crippen LogP contribution in [0.5, 0.6) is 11.5 Å². The van der Waals surface area contributed by atoms with Crippen molar-refractivity contribution in [1.82, 2.24) is 10.6 Å². The topological polar surface area (TPSA) is 146 Å². The Bertz CT molecular complexity index is 1150. The van der Waals surface area contributed by atoms with Gasteiger partial charge < -0.3 is 31.6 Å². The molecule has 0 bridgehead atoms. The number of aryl methyl sites for hydroxylation is 1. The third kappa shape index (κ3) is 14.4. The molecule has 9 nitrogen and oxygen atoms in total. The first-order valence-electron chi connectivity index (χ1n) is 15.3. The number of nitrogens with two attached hydrogens (primary N) is 2. The van der Waals surface area contributed by atoms with E-state index in [9.17, 15) is 14.4 Å². The maximum absolute atomic E-state index is 13.2. The molecule has 0 unspecified atom stereocenters. The number of allylic oxidation sites excluding steroid dienone is 2. The van der Waals surface area contributed by atoms with E-state index in [2.05, 4.69) is 36.6 Å². The van der Waals surface area contributed by atoms with Crippen molar-refractivity contribution in [3.05, 3.63) is 71.8 Å². The molecular weight excluding hydrogens is 544 g/mol. The maximum atomic E-state index is 13.2. The van der Waals surface area contributed by atoms with Gasteiger partial charge in [0.2, 0.25) is 11.8 Å². The first-order valence-corrected chi connectivity index (χ1v) is 15.3. The number of ether oxygens (including phenoxy) is 2. The summed E-state index contributed by atoms with van der Waals surface area (Å²) >= 11 is 0. The number of benzene rings is 2. The molecule has 0 heterocycles. The highest BCUT2D eigenvalue weighted by molar-refractivity contribution is 5.88. The molecular formula is C34H50N4O5. The van der Waals surface area contributed by atoms with Crippen LogP contribution < -0.4 is 31.6 Å². The highest BCUT2D eigenvalue weighted by Gasteiger charge is 2.26. The smallest absolute Gasteiger partial charge is 0.334 e. The fourth-order valence-electron chi connectivity index (χ4n) is 4.41. The van der Waals surface area contributed by atoms with E-state index < -0.39 is 24.0 Å². The van der Waals surface area contributed by atoms with Gasteiger partial charge in [0.15, 0.2) is 11.5 Å². The highest BCUT2D eigenvalue weighted by Crippen LogP contribution is 2.29. The lowest BCUT2D eigenvalue weighted by atomic mass is 10.0. The quantitative estimate of drug-likeness (QED) is 0.0761. The summed E-state index contributed by atoms with van der Waals surface area (Å²) in [6, 6.07) is 13.3. The van der Waals surface area contributed by atoms with Crippen molar-refractivity contribution in [1.29, 1.82) is 0 Å². The van der Waals surface area contributed by atoms with E-state index in [0.717, 1.165) is 30.4 Å². The molecule has 0 saturated carbocycles. The van der Waals surface area contributed by atoms with Gasteiger partial charge in [-0.2, -0.15) is 0 Å². The number of hydrogen-bond donors (Lipinski definition) is 4. The molecule has 43 heavy (non-hydrogen) atoms. The highest BCUT2D eigenvalue weighted by atomic mass is 16.6. The van der Waals surface area contributed by atoms with E-state index in [-0.39, 0.29) is 11.7 Å². The lowest BCUT2D eigenvalue weighted by molar-refractivity contribution is -0.140. The molecule has 6 N–H and O–H groups in total. The van der Waals surface area contributed by atoms with E-state index in [1.807, 2.05) is 30.3 Å². The molecule has 236 valence electrons. The predicted molar refractivity (Wildman–Crippen MR) is 170 cm³/mol. The average molecular weight is 595 g/mol. The predicted octanol–water partition coefficient (Wildman–Crippen LogP) is 4.56. The number of carbonyl (C=O) groups excluding carboxylic acids is 3. The van der Waals surface area contributed by atoms with Gasteiger partial charge >= 0.3 is 5.97 Å². The Hall–Kier alpha value is -3.69. The third-order valence-electron chi connectivity index (χ3n) is 6.95. The minimum atomic E-state index is -0.883. The zero-order valence-electron chi connectivity index (χ0n) is 26.0. The van der Waals surface area contributed by atoms with Crippen molar-refractivity contribution in [2.45, 2.75) is 90.3 Å². The largest absolute Gasteiger partial charge is 0.493 e. The fraction of sp³-hybridized carbons (Fsp3) is 0.500. The fourth-order valence-corrected chi connectivity index (χ4v) is 4.41. The summed E-state index contributed by atoms with van der Waals surface area (Å²) in [4.78, 5) is 38.3. The molecule has 2 amide bonds. The van der Waals surface area contributed by atoms with Crippen LogP contribution in [0.4, 0.5) is 0 Å². The van der Waals surface area contributed by atoms with Crippen LogP contribution in [0.25, 0.3) is 0 Å². The summed E-state index contributed by atoms with van der Waals surface area (Å²) in [6.45, 7) is 5.09. The lowest BCUT2D eigenvalue weighted by Gasteiger charge is -2.21. The molecule has 0 fully saturated rings. The first kappa shape index (κ1) is 35.5. The van der Waals surface area contributed by atoms with Crippen LogP contribution in [0.3, 0.4) is 0 Å². The standard InChI is InChI=1S/C34H50N4O5/c1-25(2)13-7-4-5-10-17-32(39)37-24-27-19-21-30(31(23-27)42-3)43-34(41)29(16-11-12-22-35)38-33(40)28(36)20-18-26-14-8-6-9-15-26/h6-9,13-15,19,21,23,25,28-29H,4-5,10-12,16-18,20,22,24,35-36H2,1-3H3,(H,37,39)(H,38,40)/b13-7+/t28-,29-/m0/s1. The Labute approximate surface area is 256 Å². The summed E-state index contributed by atoms with van der Waals surface area (Å²) in [5, 5.41) is 5.70. The Balaban J connectivity index is 1.92. The molecule has 0 spiro atoms. The van der Waals surface area contributed by atoms with Crippen molar-refractivity contribution >= 4 is 17.8 Å². The minimum absolute atomic E-state index is 0.0136. The van der Waals surface area contributed by atoms with Gasteiger partial charge in [-0.15, -0.1) is 0 Å². The molecule has 2 aromatic rings. The second kappa shape index (κ2) is 20.3. The normalized spacial score (nSPS) is 12.6. The second-order valence-corrected chi connectivity index (χ2v) is 11.1. The summed E-state index contributed by atoms with van der Waals surface area (Å²) in [5.41, 5.74) is 13.7. The lowest BCUT2D eigenvalue weighted by Crippen LogP contribution is -2.49. The molecule has 0 saturated heterocycles. The van der Waals surface area contributed by atoms with Crippen molar-refractivity contribution in [3.63, 3.8) is 0 Å². The van der Waals surface area contributed by atoms with Gasteiger partial charge in [-0.05, 0) is 87.1 Å². The van der Waals surface area contributed by atoms with Gasteiger partial charge in [-0.25, -0.2) is 4.79 Å². The van der Waals surface area contributed by atoms with E-state index in [1.165, 1.54) is 7.11 Å². The number of unbranched alkanes of at least 4 members (excludes halogenated alkanes) is 3. The molecule has 0 aliphatic rings. The number of rotatable bonds is 20. The van der Waals surface area contributed by atoms with Gasteiger partial charge in [0.1, 0.15) is 6.04 Å². The Morgan fingerprint density at radius 1 is 0.930 bits per heavy atom. The zero-order valence-corrected chi connectivity index (χ0v) is 26.0. The average Bonchev–Trinajstić information content (AvgIpc) is 3.00. The van der Waals surface area contributed by atoms with Crippen LogP contribution in [0.1, 0.15) is 76.3 Å². The molecule has 0 aliphatic carbocycles. The van der Waals surface area contributed by atoms with E-state index in [4.69, 9.17) is 20.9 Å². The molecule has 9 heteroatoms. The van der Waals surface area contributed by atoms with Gasteiger partial charge in [0.05, 0.1) is 13.2 Å². The van der Waals surface area contributed by atoms with E-state index >= 15 is 0 Å². The molecule has 2 aromatic carbocycles. The third-order valence-corrected chi connectivity index (χ3v) is 6.95. The van der Waals surface area contributed by atoms with Gasteiger partial charge in [-0.3, -0.25) is 9.59 Å². The zero-order chi connectivity index (χ0) is 31.5. The molecule has 0 aliphatic heterocycles. The van der Waals surface area contributed by atoms with Crippen molar-refractivity contribution in [2.24, 2.45) is 17.4 Å². The summed E-state index contributed by atoms with van der Waals surface area (Å²) in [6.07, 6.45) is 10.4. The summed E-state index contributed by atoms with van der Waals surface area (Å²) in [5.74, 6) is 0.0875. The molecule has 0 radical (unpaired) electrons. The van der Waals surface area contributed by atoms with Crippen LogP contribution in [0.15, 0.2) is 60.7 Å². The molecule has 2 rings (SSSR count). The van der Waals surface area contributed by atoms with Crippen LogP contribution in [0, 0.1) is 5.92 Å². The van der Waals surface area contributed by atoms with Crippen molar-refractivity contribution in [2.75, 3.05) is 13.7 Å². The maximum Gasteiger partial charge on any atom is 0.334 e. The van der Waals surface area contributed by atoms with E-state index in [0.29, 0.717) is 63.3 Å². The van der Waals surface area contributed by atoms with Crippen LogP contribution >= 0.6 is 0 Å². The SMILES string of the molecule is COc1cc(CNC(=O)CCCC/C=C/C(C)C)ccc1OC(=O)[C@H](CCCCN)NC(=O)[C@@H](N)CCc1ccccc1. The minimum Gasteiger partial charge on any atom is -0.493 e. The Kier molecular flexibility index (Phi) is 16.7. The Morgan fingerprint density at radius 3 is 2.40 bits per heavy atom.